The molecular weight excluding hydrogens is 310 g/mol. The van der Waals surface area contributed by atoms with Gasteiger partial charge in [0.1, 0.15) is 0 Å². The fourth-order valence-electron chi connectivity index (χ4n) is 4.12. The van der Waals surface area contributed by atoms with E-state index in [9.17, 15) is 13.2 Å². The highest BCUT2D eigenvalue weighted by Crippen LogP contribution is 2.33. The zero-order valence-electron chi connectivity index (χ0n) is 14.8. The van der Waals surface area contributed by atoms with Crippen molar-refractivity contribution in [3.8, 4) is 0 Å². The third kappa shape index (κ3) is 4.94. The average molecular weight is 344 g/mol. The lowest BCUT2D eigenvalue weighted by Gasteiger charge is -2.36. The molecule has 0 atom stereocenters. The Morgan fingerprint density at radius 3 is 2.13 bits per heavy atom. The lowest BCUT2D eigenvalue weighted by molar-refractivity contribution is -0.137. The van der Waals surface area contributed by atoms with Crippen LogP contribution >= 0.6 is 0 Å². The number of piperidine rings is 1. The van der Waals surface area contributed by atoms with E-state index < -0.39 is 9.84 Å². The van der Waals surface area contributed by atoms with E-state index in [1.807, 2.05) is 4.90 Å². The largest absolute Gasteiger partial charge is 0.342 e. The van der Waals surface area contributed by atoms with Gasteiger partial charge in [-0.05, 0) is 44.4 Å². The number of amides is 1. The van der Waals surface area contributed by atoms with Gasteiger partial charge in [-0.2, -0.15) is 0 Å². The van der Waals surface area contributed by atoms with Gasteiger partial charge in [-0.1, -0.05) is 33.1 Å². The predicted octanol–water partition coefficient (Wildman–Crippen LogP) is 3.41. The Morgan fingerprint density at radius 2 is 1.61 bits per heavy atom. The number of rotatable bonds is 6. The quantitative estimate of drug-likeness (QED) is 0.742. The number of hydrogen-bond acceptors (Lipinski definition) is 3. The van der Waals surface area contributed by atoms with Crippen LogP contribution in [0.4, 0.5) is 0 Å². The third-order valence-electron chi connectivity index (χ3n) is 5.83. The van der Waals surface area contributed by atoms with Crippen molar-refractivity contribution in [2.75, 3.05) is 18.8 Å². The highest BCUT2D eigenvalue weighted by Gasteiger charge is 2.34. The van der Waals surface area contributed by atoms with E-state index in [-0.39, 0.29) is 22.8 Å². The van der Waals surface area contributed by atoms with E-state index in [0.717, 1.165) is 18.8 Å². The number of nitrogens with zero attached hydrogens (tertiary/aromatic N) is 1. The molecule has 1 aliphatic carbocycles. The number of carbonyl (C=O) groups excluding carboxylic acids is 1. The number of likely N-dealkylation sites (tertiary alicyclic amines) is 1. The zero-order chi connectivity index (χ0) is 16.9. The Kier molecular flexibility index (Phi) is 6.93. The van der Waals surface area contributed by atoms with Crippen molar-refractivity contribution in [3.63, 3.8) is 0 Å². The molecule has 1 saturated heterocycles. The van der Waals surface area contributed by atoms with Crippen LogP contribution in [0, 0.1) is 11.8 Å². The summed E-state index contributed by atoms with van der Waals surface area (Å²) >= 11 is 0. The molecule has 4 nitrogen and oxygen atoms in total. The van der Waals surface area contributed by atoms with Gasteiger partial charge in [0.15, 0.2) is 9.84 Å². The van der Waals surface area contributed by atoms with Crippen molar-refractivity contribution in [1.29, 1.82) is 0 Å². The standard InChI is InChI=1S/C18H33NO3S/c1-3-5-6-15-7-9-16(10-8-15)18(20)19-13-11-17(12-14-19)23(21,22)4-2/h15-17H,3-14H2,1-2H3. The SMILES string of the molecule is CCCCC1CCC(C(=O)N2CCC(S(=O)(=O)CC)CC2)CC1. The van der Waals surface area contributed by atoms with E-state index in [4.69, 9.17) is 0 Å². The summed E-state index contributed by atoms with van der Waals surface area (Å²) in [6.07, 6.45) is 9.56. The van der Waals surface area contributed by atoms with E-state index in [0.29, 0.717) is 25.9 Å². The summed E-state index contributed by atoms with van der Waals surface area (Å²) in [6, 6.07) is 0. The van der Waals surface area contributed by atoms with Gasteiger partial charge in [-0.25, -0.2) is 8.42 Å². The van der Waals surface area contributed by atoms with Crippen LogP contribution in [0.25, 0.3) is 0 Å². The molecule has 0 N–H and O–H groups in total. The van der Waals surface area contributed by atoms with E-state index in [1.54, 1.807) is 6.92 Å². The van der Waals surface area contributed by atoms with Crippen molar-refractivity contribution >= 4 is 15.7 Å². The molecule has 0 aromatic carbocycles. The highest BCUT2D eigenvalue weighted by atomic mass is 32.2. The maximum atomic E-state index is 12.7. The molecule has 1 saturated carbocycles. The molecule has 134 valence electrons. The van der Waals surface area contributed by atoms with E-state index in [1.165, 1.54) is 32.1 Å². The van der Waals surface area contributed by atoms with Crippen molar-refractivity contribution in [3.05, 3.63) is 0 Å². The topological polar surface area (TPSA) is 54.5 Å². The second-order valence-electron chi connectivity index (χ2n) is 7.34. The van der Waals surface area contributed by atoms with Gasteiger partial charge in [0.2, 0.25) is 5.91 Å². The summed E-state index contributed by atoms with van der Waals surface area (Å²) in [5.41, 5.74) is 0. The van der Waals surface area contributed by atoms with Crippen molar-refractivity contribution in [2.45, 2.75) is 76.9 Å². The molecule has 5 heteroatoms. The van der Waals surface area contributed by atoms with Crippen molar-refractivity contribution in [1.82, 2.24) is 4.90 Å². The molecule has 2 rings (SSSR count). The molecule has 23 heavy (non-hydrogen) atoms. The first kappa shape index (κ1) is 18.8. The van der Waals surface area contributed by atoms with Crippen LogP contribution in [0.5, 0.6) is 0 Å². The number of hydrogen-bond donors (Lipinski definition) is 0. The van der Waals surface area contributed by atoms with Crippen LogP contribution in [-0.4, -0.2) is 43.3 Å². The molecule has 0 aromatic heterocycles. The fourth-order valence-corrected chi connectivity index (χ4v) is 5.52. The van der Waals surface area contributed by atoms with Crippen LogP contribution in [0.15, 0.2) is 0 Å². The van der Waals surface area contributed by atoms with Gasteiger partial charge in [0.25, 0.3) is 0 Å². The first-order valence-corrected chi connectivity index (χ1v) is 11.2. The molecule has 2 fully saturated rings. The van der Waals surface area contributed by atoms with Crippen molar-refractivity contribution in [2.24, 2.45) is 11.8 Å². The van der Waals surface area contributed by atoms with Crippen LogP contribution in [0.1, 0.15) is 71.6 Å². The summed E-state index contributed by atoms with van der Waals surface area (Å²) < 4.78 is 23.9. The molecule has 2 aliphatic rings. The summed E-state index contributed by atoms with van der Waals surface area (Å²) in [4.78, 5) is 14.6. The minimum Gasteiger partial charge on any atom is -0.342 e. The first-order chi connectivity index (χ1) is 11.0. The Balaban J connectivity index is 1.78. The van der Waals surface area contributed by atoms with Gasteiger partial charge in [0.05, 0.1) is 5.25 Å². The average Bonchev–Trinajstić information content (AvgIpc) is 2.60. The second kappa shape index (κ2) is 8.50. The minimum absolute atomic E-state index is 0.187. The Morgan fingerprint density at radius 1 is 1.00 bits per heavy atom. The number of carbonyl (C=O) groups is 1. The minimum atomic E-state index is -2.95. The van der Waals surface area contributed by atoms with Gasteiger partial charge in [0, 0.05) is 24.8 Å². The number of unbranched alkanes of at least 4 members (excludes halogenated alkanes) is 1. The summed E-state index contributed by atoms with van der Waals surface area (Å²) in [6.45, 7) is 5.19. The highest BCUT2D eigenvalue weighted by molar-refractivity contribution is 7.92. The van der Waals surface area contributed by atoms with Crippen LogP contribution in [-0.2, 0) is 14.6 Å². The van der Waals surface area contributed by atoms with Gasteiger partial charge in [-0.15, -0.1) is 0 Å². The smallest absolute Gasteiger partial charge is 0.225 e. The molecule has 0 aromatic rings. The Hall–Kier alpha value is -0.580. The summed E-state index contributed by atoms with van der Waals surface area (Å²) in [7, 11) is -2.95. The van der Waals surface area contributed by atoms with E-state index >= 15 is 0 Å². The van der Waals surface area contributed by atoms with Crippen molar-refractivity contribution < 1.29 is 13.2 Å². The molecule has 0 bridgehead atoms. The van der Waals surface area contributed by atoms with Gasteiger partial charge in [-0.3, -0.25) is 4.79 Å². The Bertz CT molecular complexity index is 472. The fraction of sp³-hybridized carbons (Fsp3) is 0.944. The monoisotopic (exact) mass is 343 g/mol. The van der Waals surface area contributed by atoms with Crippen LogP contribution in [0.2, 0.25) is 0 Å². The van der Waals surface area contributed by atoms with Crippen LogP contribution < -0.4 is 0 Å². The second-order valence-corrected chi connectivity index (χ2v) is 9.91. The first-order valence-electron chi connectivity index (χ1n) is 9.48. The van der Waals surface area contributed by atoms with Gasteiger partial charge >= 0.3 is 0 Å². The normalized spacial score (nSPS) is 27.1. The van der Waals surface area contributed by atoms with E-state index in [2.05, 4.69) is 6.92 Å². The lowest BCUT2D eigenvalue weighted by Crippen LogP contribution is -2.45. The molecular formula is C18H33NO3S. The molecule has 0 unspecified atom stereocenters. The molecule has 1 heterocycles. The third-order valence-corrected chi connectivity index (χ3v) is 8.12. The maximum Gasteiger partial charge on any atom is 0.225 e. The van der Waals surface area contributed by atoms with Gasteiger partial charge < -0.3 is 4.90 Å². The molecule has 0 radical (unpaired) electrons. The molecule has 0 spiro atoms. The molecule has 1 aliphatic heterocycles. The summed E-state index contributed by atoms with van der Waals surface area (Å²) in [5, 5.41) is -0.235. The lowest BCUT2D eigenvalue weighted by atomic mass is 9.79. The summed E-state index contributed by atoms with van der Waals surface area (Å²) in [5.74, 6) is 1.51. The zero-order valence-corrected chi connectivity index (χ0v) is 15.6. The maximum absolute atomic E-state index is 12.7. The molecule has 1 amide bonds. The number of sulfone groups is 1. The Labute approximate surface area is 141 Å². The predicted molar refractivity (Wildman–Crippen MR) is 94.0 cm³/mol. The van der Waals surface area contributed by atoms with Crippen LogP contribution in [0.3, 0.4) is 0 Å².